The van der Waals surface area contributed by atoms with Crippen molar-refractivity contribution >= 4 is 65.4 Å². The van der Waals surface area contributed by atoms with Gasteiger partial charge in [-0.1, -0.05) is 136 Å². The fourth-order valence-corrected chi connectivity index (χ4v) is 9.07. The van der Waals surface area contributed by atoms with Crippen molar-refractivity contribution in [3.05, 3.63) is 188 Å². The van der Waals surface area contributed by atoms with Crippen LogP contribution < -0.4 is 0 Å². The summed E-state index contributed by atoms with van der Waals surface area (Å²) in [6.45, 7) is 6.81. The van der Waals surface area contributed by atoms with E-state index in [2.05, 4.69) is 216 Å². The summed E-state index contributed by atoms with van der Waals surface area (Å²) in [6, 6.07) is 66.9. The lowest BCUT2D eigenvalue weighted by atomic mass is 9.86. The third kappa shape index (κ3) is 4.69. The summed E-state index contributed by atoms with van der Waals surface area (Å²) < 4.78 is 7.33. The van der Waals surface area contributed by atoms with Gasteiger partial charge >= 0.3 is 0 Å². The third-order valence-corrected chi connectivity index (χ3v) is 11.6. The molecule has 0 aliphatic heterocycles. The van der Waals surface area contributed by atoms with Gasteiger partial charge in [-0.05, 0) is 83.3 Å². The molecule has 0 bridgehead atoms. The molecule has 0 saturated carbocycles. The summed E-state index contributed by atoms with van der Waals surface area (Å²) in [6.07, 6.45) is 0. The number of aromatic nitrogens is 3. The zero-order valence-electron chi connectivity index (χ0n) is 31.2. The molecule has 0 atom stereocenters. The molecule has 3 nitrogen and oxygen atoms in total. The second-order valence-electron chi connectivity index (χ2n) is 15.8. The number of nitrogens with zero attached hydrogens (tertiary/aromatic N) is 3. The SMILES string of the molecule is CC(C)(C)c1ccc(-c2ccccc2-n2c3ccccc3c3cc(-n4c5ccccc5c5c6c7ccccc7n(-c7ccccc7)c6ccc54)ccc32)cc1. The second-order valence-corrected chi connectivity index (χ2v) is 15.8. The van der Waals surface area contributed by atoms with Crippen molar-refractivity contribution in [1.82, 2.24) is 13.7 Å². The van der Waals surface area contributed by atoms with Crippen LogP contribution in [0.4, 0.5) is 0 Å². The molecular formula is C52H39N3. The Morgan fingerprint density at radius 2 is 0.836 bits per heavy atom. The molecule has 0 N–H and O–H groups in total. The zero-order valence-corrected chi connectivity index (χ0v) is 31.2. The molecular weight excluding hydrogens is 667 g/mol. The van der Waals surface area contributed by atoms with Gasteiger partial charge in [0.25, 0.3) is 0 Å². The van der Waals surface area contributed by atoms with Crippen LogP contribution in [-0.4, -0.2) is 13.7 Å². The molecule has 0 amide bonds. The fourth-order valence-electron chi connectivity index (χ4n) is 9.07. The molecule has 55 heavy (non-hydrogen) atoms. The smallest absolute Gasteiger partial charge is 0.0548 e. The summed E-state index contributed by atoms with van der Waals surface area (Å²) in [5, 5.41) is 7.57. The highest BCUT2D eigenvalue weighted by Gasteiger charge is 2.22. The lowest BCUT2D eigenvalue weighted by Crippen LogP contribution is -2.10. The average molecular weight is 706 g/mol. The minimum absolute atomic E-state index is 0.103. The predicted molar refractivity (Wildman–Crippen MR) is 234 cm³/mol. The molecule has 0 unspecified atom stereocenters. The molecule has 3 heteroatoms. The zero-order chi connectivity index (χ0) is 36.8. The lowest BCUT2D eigenvalue weighted by Gasteiger charge is -2.20. The maximum Gasteiger partial charge on any atom is 0.0548 e. The van der Waals surface area contributed by atoms with Crippen molar-refractivity contribution in [1.29, 1.82) is 0 Å². The first-order valence-electron chi connectivity index (χ1n) is 19.2. The fraction of sp³-hybridized carbons (Fsp3) is 0.0769. The normalized spacial score (nSPS) is 12.3. The van der Waals surface area contributed by atoms with E-state index in [1.54, 1.807) is 0 Å². The Hall–Kier alpha value is -6.84. The predicted octanol–water partition coefficient (Wildman–Crippen LogP) is 13.9. The van der Waals surface area contributed by atoms with Gasteiger partial charge in [0, 0.05) is 49.3 Å². The van der Waals surface area contributed by atoms with Gasteiger partial charge < -0.3 is 13.7 Å². The van der Waals surface area contributed by atoms with E-state index < -0.39 is 0 Å². The molecule has 0 radical (unpaired) electrons. The highest BCUT2D eigenvalue weighted by molar-refractivity contribution is 6.29. The quantitative estimate of drug-likeness (QED) is 0.173. The molecule has 0 aliphatic carbocycles. The first kappa shape index (κ1) is 31.7. The number of rotatable bonds is 4. The van der Waals surface area contributed by atoms with Crippen LogP contribution in [0, 0.1) is 0 Å². The van der Waals surface area contributed by atoms with Crippen LogP contribution in [0.3, 0.4) is 0 Å². The Morgan fingerprint density at radius 3 is 1.47 bits per heavy atom. The number of para-hydroxylation sites is 5. The molecule has 0 saturated heterocycles. The molecule has 11 aromatic rings. The molecule has 8 aromatic carbocycles. The van der Waals surface area contributed by atoms with E-state index in [0.717, 1.165) is 5.69 Å². The number of hydrogen-bond donors (Lipinski definition) is 0. The summed E-state index contributed by atoms with van der Waals surface area (Å²) in [4.78, 5) is 0. The Morgan fingerprint density at radius 1 is 0.345 bits per heavy atom. The monoisotopic (exact) mass is 705 g/mol. The van der Waals surface area contributed by atoms with Crippen LogP contribution in [-0.2, 0) is 5.41 Å². The van der Waals surface area contributed by atoms with E-state index in [9.17, 15) is 0 Å². The Balaban J connectivity index is 1.16. The summed E-state index contributed by atoms with van der Waals surface area (Å²) in [5.74, 6) is 0. The Kier molecular flexibility index (Phi) is 6.81. The van der Waals surface area contributed by atoms with Crippen molar-refractivity contribution in [2.24, 2.45) is 0 Å². The van der Waals surface area contributed by atoms with Gasteiger partial charge in [-0.2, -0.15) is 0 Å². The Bertz CT molecular complexity index is 3270. The van der Waals surface area contributed by atoms with E-state index in [1.807, 2.05) is 0 Å². The first-order chi connectivity index (χ1) is 27.0. The summed E-state index contributed by atoms with van der Waals surface area (Å²) in [7, 11) is 0. The van der Waals surface area contributed by atoms with Gasteiger partial charge in [0.15, 0.2) is 0 Å². The van der Waals surface area contributed by atoms with Crippen molar-refractivity contribution in [2.75, 3.05) is 0 Å². The maximum absolute atomic E-state index is 2.47. The minimum Gasteiger partial charge on any atom is -0.309 e. The topological polar surface area (TPSA) is 14.8 Å². The number of benzene rings is 8. The van der Waals surface area contributed by atoms with Crippen molar-refractivity contribution in [3.63, 3.8) is 0 Å². The highest BCUT2D eigenvalue weighted by atomic mass is 15.0. The maximum atomic E-state index is 2.47. The van der Waals surface area contributed by atoms with Gasteiger partial charge in [-0.3, -0.25) is 0 Å². The molecule has 3 aromatic heterocycles. The van der Waals surface area contributed by atoms with Gasteiger partial charge in [-0.15, -0.1) is 0 Å². The largest absolute Gasteiger partial charge is 0.309 e. The van der Waals surface area contributed by atoms with Gasteiger partial charge in [0.1, 0.15) is 0 Å². The average Bonchev–Trinajstić information content (AvgIpc) is 3.86. The van der Waals surface area contributed by atoms with Crippen molar-refractivity contribution < 1.29 is 0 Å². The molecule has 0 fully saturated rings. The van der Waals surface area contributed by atoms with Crippen molar-refractivity contribution in [3.8, 4) is 28.2 Å². The standard InChI is InChI=1S/C52H39N3/c1-52(2,3)35-27-25-34(26-28-35)38-17-7-11-21-43(38)55-44-22-12-8-18-39(44)42-33-37(29-30-47(42)55)54-46-24-14-10-20-41(46)51-49(54)32-31-48-50(51)40-19-9-13-23-45(40)53(48)36-15-5-4-6-16-36/h4-33H,1-3H3. The summed E-state index contributed by atoms with van der Waals surface area (Å²) in [5.41, 5.74) is 14.6. The number of hydrogen-bond acceptors (Lipinski definition) is 0. The molecule has 11 rings (SSSR count). The molecule has 3 heterocycles. The van der Waals surface area contributed by atoms with Crippen LogP contribution in [0.5, 0.6) is 0 Å². The van der Waals surface area contributed by atoms with Gasteiger partial charge in [0.2, 0.25) is 0 Å². The minimum atomic E-state index is 0.103. The van der Waals surface area contributed by atoms with Gasteiger partial charge in [0.05, 0.1) is 38.8 Å². The molecule has 0 aliphatic rings. The van der Waals surface area contributed by atoms with Crippen LogP contribution in [0.2, 0.25) is 0 Å². The Labute approximate surface area is 319 Å². The van der Waals surface area contributed by atoms with Crippen LogP contribution >= 0.6 is 0 Å². The first-order valence-corrected chi connectivity index (χ1v) is 19.2. The van der Waals surface area contributed by atoms with E-state index >= 15 is 0 Å². The van der Waals surface area contributed by atoms with E-state index in [1.165, 1.54) is 93.5 Å². The van der Waals surface area contributed by atoms with E-state index in [-0.39, 0.29) is 5.41 Å². The van der Waals surface area contributed by atoms with Crippen molar-refractivity contribution in [2.45, 2.75) is 26.2 Å². The van der Waals surface area contributed by atoms with Crippen LogP contribution in [0.1, 0.15) is 26.3 Å². The van der Waals surface area contributed by atoms with E-state index in [4.69, 9.17) is 0 Å². The number of fused-ring (bicyclic) bond motifs is 10. The highest BCUT2D eigenvalue weighted by Crippen LogP contribution is 2.43. The van der Waals surface area contributed by atoms with E-state index in [0.29, 0.717) is 0 Å². The van der Waals surface area contributed by atoms with Crippen LogP contribution in [0.15, 0.2) is 182 Å². The van der Waals surface area contributed by atoms with Crippen LogP contribution in [0.25, 0.3) is 93.6 Å². The summed E-state index contributed by atoms with van der Waals surface area (Å²) >= 11 is 0. The van der Waals surface area contributed by atoms with Gasteiger partial charge in [-0.25, -0.2) is 0 Å². The lowest BCUT2D eigenvalue weighted by molar-refractivity contribution is 0.590. The third-order valence-electron chi connectivity index (χ3n) is 11.6. The molecule has 262 valence electrons. The molecule has 0 spiro atoms. The second kappa shape index (κ2) is 11.8.